The third-order valence-corrected chi connectivity index (χ3v) is 5.86. The lowest BCUT2D eigenvalue weighted by Crippen LogP contribution is -2.58. The molecular weight excluding hydrogens is 400 g/mol. The fourth-order valence-corrected chi connectivity index (χ4v) is 4.17. The van der Waals surface area contributed by atoms with Crippen molar-refractivity contribution in [2.45, 2.75) is 64.2 Å². The molecule has 3 aromatic rings. The molecule has 4 rings (SSSR count). The molecule has 4 nitrogen and oxygen atoms in total. The summed E-state index contributed by atoms with van der Waals surface area (Å²) in [7, 11) is 0. The smallest absolute Gasteiger partial charge is 0.115 e. The topological polar surface area (TPSA) is 36.9 Å². The first-order valence-electron chi connectivity index (χ1n) is 11.3. The molecule has 4 heteroatoms. The third kappa shape index (κ3) is 6.05. The summed E-state index contributed by atoms with van der Waals surface area (Å²) < 4.78 is 25.5. The molecule has 1 aliphatic rings. The second-order valence-corrected chi connectivity index (χ2v) is 8.33. The molecule has 1 heterocycles. The quantitative estimate of drug-likeness (QED) is 0.444. The fraction of sp³-hybridized carbons (Fsp3) is 0.357. The molecule has 32 heavy (non-hydrogen) atoms. The number of hydrogen-bond donors (Lipinski definition) is 0. The van der Waals surface area contributed by atoms with Crippen molar-refractivity contribution in [2.75, 3.05) is 0 Å². The van der Waals surface area contributed by atoms with Crippen LogP contribution in [0.2, 0.25) is 0 Å². The summed E-state index contributed by atoms with van der Waals surface area (Å²) in [6.07, 6.45) is -0.940. The molecule has 0 amide bonds. The van der Waals surface area contributed by atoms with Gasteiger partial charge >= 0.3 is 0 Å². The number of benzene rings is 3. The highest BCUT2D eigenvalue weighted by molar-refractivity contribution is 5.15. The van der Waals surface area contributed by atoms with E-state index >= 15 is 0 Å². The van der Waals surface area contributed by atoms with Gasteiger partial charge in [0.1, 0.15) is 18.3 Å². The van der Waals surface area contributed by atoms with Gasteiger partial charge < -0.3 is 18.9 Å². The molecule has 3 aromatic carbocycles. The number of ether oxygens (including phenoxy) is 4. The minimum atomic E-state index is -0.249. The molecule has 1 aliphatic heterocycles. The molecule has 5 atom stereocenters. The van der Waals surface area contributed by atoms with Gasteiger partial charge in [0.05, 0.1) is 32.0 Å². The highest BCUT2D eigenvalue weighted by Crippen LogP contribution is 2.30. The van der Waals surface area contributed by atoms with Gasteiger partial charge in [-0.1, -0.05) is 91.0 Å². The van der Waals surface area contributed by atoms with Gasteiger partial charge in [-0.05, 0) is 30.5 Å². The monoisotopic (exact) mass is 432 g/mol. The van der Waals surface area contributed by atoms with E-state index in [-0.39, 0.29) is 30.5 Å². The average molecular weight is 433 g/mol. The summed E-state index contributed by atoms with van der Waals surface area (Å²) in [5, 5.41) is 0. The maximum atomic E-state index is 6.48. The van der Waals surface area contributed by atoms with Crippen molar-refractivity contribution in [1.82, 2.24) is 0 Å². The van der Waals surface area contributed by atoms with Gasteiger partial charge in [0.15, 0.2) is 0 Å². The van der Waals surface area contributed by atoms with Crippen LogP contribution in [-0.4, -0.2) is 30.5 Å². The van der Waals surface area contributed by atoms with Crippen LogP contribution in [0.25, 0.3) is 0 Å². The highest BCUT2D eigenvalue weighted by Gasteiger charge is 2.44. The van der Waals surface area contributed by atoms with E-state index in [2.05, 4.69) is 50.2 Å². The normalized spacial score (nSPS) is 25.5. The van der Waals surface area contributed by atoms with Crippen molar-refractivity contribution in [3.05, 3.63) is 108 Å². The first kappa shape index (κ1) is 22.7. The zero-order valence-electron chi connectivity index (χ0n) is 18.8. The molecule has 2 unspecified atom stereocenters. The summed E-state index contributed by atoms with van der Waals surface area (Å²) in [6, 6.07) is 30.6. The number of hydrogen-bond acceptors (Lipinski definition) is 4. The summed E-state index contributed by atoms with van der Waals surface area (Å²) in [5.74, 6) is 0. The Morgan fingerprint density at radius 3 is 1.16 bits per heavy atom. The molecule has 0 saturated carbocycles. The second kappa shape index (κ2) is 11.4. The van der Waals surface area contributed by atoms with Crippen LogP contribution in [0.5, 0.6) is 0 Å². The summed E-state index contributed by atoms with van der Waals surface area (Å²) in [5.41, 5.74) is 3.38. The predicted octanol–water partition coefficient (Wildman–Crippen LogP) is 5.55. The van der Waals surface area contributed by atoms with Crippen molar-refractivity contribution < 1.29 is 18.9 Å². The van der Waals surface area contributed by atoms with Gasteiger partial charge in [-0.25, -0.2) is 0 Å². The molecule has 168 valence electrons. The predicted molar refractivity (Wildman–Crippen MR) is 125 cm³/mol. The fourth-order valence-electron chi connectivity index (χ4n) is 4.17. The van der Waals surface area contributed by atoms with Crippen molar-refractivity contribution in [3.63, 3.8) is 0 Å². The lowest BCUT2D eigenvalue weighted by Gasteiger charge is -2.44. The van der Waals surface area contributed by atoms with Crippen molar-refractivity contribution >= 4 is 0 Å². The Labute approximate surface area is 191 Å². The van der Waals surface area contributed by atoms with Crippen LogP contribution >= 0.6 is 0 Å². The molecule has 0 spiro atoms. The Hall–Kier alpha value is -2.50. The van der Waals surface area contributed by atoms with Crippen LogP contribution in [0.4, 0.5) is 0 Å². The van der Waals surface area contributed by atoms with E-state index < -0.39 is 0 Å². The van der Waals surface area contributed by atoms with E-state index in [0.29, 0.717) is 19.8 Å². The maximum absolute atomic E-state index is 6.48. The lowest BCUT2D eigenvalue weighted by molar-refractivity contribution is -0.257. The van der Waals surface area contributed by atoms with Gasteiger partial charge in [-0.2, -0.15) is 0 Å². The molecule has 1 fully saturated rings. The Morgan fingerprint density at radius 2 is 0.812 bits per heavy atom. The average Bonchev–Trinajstić information content (AvgIpc) is 2.83. The van der Waals surface area contributed by atoms with E-state index in [1.807, 2.05) is 54.6 Å². The largest absolute Gasteiger partial charge is 0.370 e. The SMILES string of the molecule is CC1O[C@H](C)C(OCc2ccccc2)[C@@H](OCc2ccccc2)[C@@H]1OCc1ccccc1. The molecular formula is C28H32O4. The molecule has 0 N–H and O–H groups in total. The standard InChI is InChI=1S/C28H32O4/c1-21-26(29-18-23-12-6-3-7-13-23)28(31-20-25-16-10-5-11-17-25)27(22(2)32-21)30-19-24-14-8-4-9-15-24/h3-17,21-22,26-28H,18-20H2,1-2H3/t21-,22?,26?,27-,28-/m1/s1. The minimum Gasteiger partial charge on any atom is -0.370 e. The summed E-state index contributed by atoms with van der Waals surface area (Å²) in [4.78, 5) is 0. The van der Waals surface area contributed by atoms with E-state index in [4.69, 9.17) is 18.9 Å². The van der Waals surface area contributed by atoms with Crippen LogP contribution in [0.1, 0.15) is 30.5 Å². The first-order valence-corrected chi connectivity index (χ1v) is 11.3. The lowest BCUT2D eigenvalue weighted by atomic mass is 9.95. The van der Waals surface area contributed by atoms with Gasteiger partial charge in [-0.15, -0.1) is 0 Å². The van der Waals surface area contributed by atoms with Crippen LogP contribution < -0.4 is 0 Å². The first-order chi connectivity index (χ1) is 15.7. The third-order valence-electron chi connectivity index (χ3n) is 5.86. The highest BCUT2D eigenvalue weighted by atomic mass is 16.6. The summed E-state index contributed by atoms with van der Waals surface area (Å²) in [6.45, 7) is 5.62. The molecule has 0 bridgehead atoms. The molecule has 1 saturated heterocycles. The minimum absolute atomic E-state index is 0.105. The van der Waals surface area contributed by atoms with E-state index in [9.17, 15) is 0 Å². The van der Waals surface area contributed by atoms with Gasteiger partial charge in [-0.3, -0.25) is 0 Å². The van der Waals surface area contributed by atoms with E-state index in [0.717, 1.165) is 16.7 Å². The van der Waals surface area contributed by atoms with Gasteiger partial charge in [0, 0.05) is 0 Å². The van der Waals surface area contributed by atoms with Gasteiger partial charge in [0.25, 0.3) is 0 Å². The molecule has 0 radical (unpaired) electrons. The zero-order valence-corrected chi connectivity index (χ0v) is 18.8. The molecule has 0 aliphatic carbocycles. The van der Waals surface area contributed by atoms with Gasteiger partial charge in [0.2, 0.25) is 0 Å². The zero-order chi connectivity index (χ0) is 22.2. The maximum Gasteiger partial charge on any atom is 0.115 e. The van der Waals surface area contributed by atoms with Crippen LogP contribution in [0.15, 0.2) is 91.0 Å². The van der Waals surface area contributed by atoms with Crippen molar-refractivity contribution in [3.8, 4) is 0 Å². The Bertz CT molecular complexity index is 860. The van der Waals surface area contributed by atoms with Crippen LogP contribution in [0, 0.1) is 0 Å². The van der Waals surface area contributed by atoms with E-state index in [1.54, 1.807) is 0 Å². The van der Waals surface area contributed by atoms with Crippen LogP contribution in [0.3, 0.4) is 0 Å². The van der Waals surface area contributed by atoms with Crippen LogP contribution in [-0.2, 0) is 38.8 Å². The van der Waals surface area contributed by atoms with Crippen molar-refractivity contribution in [1.29, 1.82) is 0 Å². The molecule has 0 aromatic heterocycles. The number of rotatable bonds is 9. The van der Waals surface area contributed by atoms with E-state index in [1.165, 1.54) is 0 Å². The second-order valence-electron chi connectivity index (χ2n) is 8.33. The summed E-state index contributed by atoms with van der Waals surface area (Å²) >= 11 is 0. The Morgan fingerprint density at radius 1 is 0.500 bits per heavy atom. The Kier molecular flexibility index (Phi) is 8.07. The Balaban J connectivity index is 1.50. The van der Waals surface area contributed by atoms with Crippen molar-refractivity contribution in [2.24, 2.45) is 0 Å².